The predicted molar refractivity (Wildman–Crippen MR) is 83.6 cm³/mol. The molecular weight excluding hydrogens is 246 g/mol. The number of hydrogen-bond donors (Lipinski definition) is 0. The van der Waals surface area contributed by atoms with E-state index in [4.69, 9.17) is 5.26 Å². The van der Waals surface area contributed by atoms with Crippen LogP contribution in [0.4, 0.5) is 11.4 Å². The third-order valence-electron chi connectivity index (χ3n) is 3.02. The topological polar surface area (TPSA) is 39.4 Å². The second-order valence-corrected chi connectivity index (χ2v) is 4.36. The van der Waals surface area contributed by atoms with Crippen molar-refractivity contribution in [3.05, 3.63) is 60.2 Å². The molecule has 0 heterocycles. The molecule has 2 aromatic rings. The summed E-state index contributed by atoms with van der Waals surface area (Å²) in [6.07, 6.45) is 1.85. The normalized spacial score (nSPS) is 10.4. The largest absolute Gasteiger partial charge is 0.358 e. The smallest absolute Gasteiger partial charge is 0.105 e. The molecule has 0 saturated carbocycles. The molecular formula is C17H17N3. The van der Waals surface area contributed by atoms with Gasteiger partial charge in [0.1, 0.15) is 6.54 Å². The summed E-state index contributed by atoms with van der Waals surface area (Å²) in [5, 5.41) is 8.78. The highest BCUT2D eigenvalue weighted by Crippen LogP contribution is 2.15. The molecule has 3 nitrogen and oxygen atoms in total. The molecule has 100 valence electrons. The van der Waals surface area contributed by atoms with Gasteiger partial charge in [-0.15, -0.1) is 0 Å². The third-order valence-corrected chi connectivity index (χ3v) is 3.02. The number of para-hydroxylation sites is 1. The highest BCUT2D eigenvalue weighted by atomic mass is 15.1. The number of nitriles is 1. The van der Waals surface area contributed by atoms with Gasteiger partial charge in [-0.1, -0.05) is 30.3 Å². The van der Waals surface area contributed by atoms with Crippen LogP contribution in [-0.4, -0.2) is 19.3 Å². The van der Waals surface area contributed by atoms with Crippen LogP contribution in [-0.2, 0) is 0 Å². The van der Waals surface area contributed by atoms with E-state index in [1.165, 1.54) is 0 Å². The summed E-state index contributed by atoms with van der Waals surface area (Å²) in [6, 6.07) is 20.1. The van der Waals surface area contributed by atoms with Gasteiger partial charge in [-0.05, 0) is 36.8 Å². The molecule has 3 heteroatoms. The lowest BCUT2D eigenvalue weighted by Gasteiger charge is -2.19. The van der Waals surface area contributed by atoms with Crippen molar-refractivity contribution in [1.29, 1.82) is 5.26 Å². The van der Waals surface area contributed by atoms with Crippen LogP contribution in [0, 0.1) is 11.3 Å². The zero-order valence-electron chi connectivity index (χ0n) is 11.5. The van der Waals surface area contributed by atoms with Crippen molar-refractivity contribution in [2.45, 2.75) is 6.92 Å². The van der Waals surface area contributed by atoms with Crippen LogP contribution in [0.5, 0.6) is 0 Å². The standard InChI is InChI=1S/C17H17N3/c1-2-20(13-12-18)17-10-8-15(9-11-17)14-19-16-6-4-3-5-7-16/h3-11,14H,2,13H2,1H3. The molecule has 0 unspecified atom stereocenters. The summed E-state index contributed by atoms with van der Waals surface area (Å²) < 4.78 is 0. The minimum atomic E-state index is 0.411. The highest BCUT2D eigenvalue weighted by molar-refractivity contribution is 5.82. The predicted octanol–water partition coefficient (Wildman–Crippen LogP) is 3.79. The Kier molecular flexibility index (Phi) is 4.91. The van der Waals surface area contributed by atoms with Gasteiger partial charge < -0.3 is 4.90 Å². The Morgan fingerprint density at radius 3 is 2.40 bits per heavy atom. The van der Waals surface area contributed by atoms with Gasteiger partial charge in [-0.3, -0.25) is 4.99 Å². The zero-order chi connectivity index (χ0) is 14.2. The second-order valence-electron chi connectivity index (χ2n) is 4.36. The second kappa shape index (κ2) is 7.10. The minimum Gasteiger partial charge on any atom is -0.358 e. The number of anilines is 1. The van der Waals surface area contributed by atoms with E-state index in [2.05, 4.69) is 11.1 Å². The van der Waals surface area contributed by atoms with Gasteiger partial charge in [-0.25, -0.2) is 0 Å². The monoisotopic (exact) mass is 263 g/mol. The number of hydrogen-bond acceptors (Lipinski definition) is 3. The molecule has 0 aromatic heterocycles. The van der Waals surface area contributed by atoms with E-state index >= 15 is 0 Å². The van der Waals surface area contributed by atoms with Crippen molar-refractivity contribution < 1.29 is 0 Å². The molecule has 0 aliphatic carbocycles. The average Bonchev–Trinajstić information content (AvgIpc) is 2.52. The minimum absolute atomic E-state index is 0.411. The van der Waals surface area contributed by atoms with Crippen LogP contribution < -0.4 is 4.90 Å². The first kappa shape index (κ1) is 13.8. The Morgan fingerprint density at radius 2 is 1.80 bits per heavy atom. The van der Waals surface area contributed by atoms with Gasteiger partial charge in [0, 0.05) is 18.4 Å². The molecule has 0 bridgehead atoms. The van der Waals surface area contributed by atoms with Crippen molar-refractivity contribution in [3.8, 4) is 6.07 Å². The molecule has 0 aliphatic rings. The first-order chi connectivity index (χ1) is 9.83. The summed E-state index contributed by atoms with van der Waals surface area (Å²) in [5.41, 5.74) is 3.05. The van der Waals surface area contributed by atoms with E-state index in [9.17, 15) is 0 Å². The van der Waals surface area contributed by atoms with Gasteiger partial charge in [0.15, 0.2) is 0 Å². The Hall–Kier alpha value is -2.60. The van der Waals surface area contributed by atoms with Crippen molar-refractivity contribution >= 4 is 17.6 Å². The summed E-state index contributed by atoms with van der Waals surface area (Å²) in [4.78, 5) is 6.44. The van der Waals surface area contributed by atoms with Gasteiger partial charge in [-0.2, -0.15) is 5.26 Å². The molecule has 0 radical (unpaired) electrons. The van der Waals surface area contributed by atoms with Crippen molar-refractivity contribution in [1.82, 2.24) is 0 Å². The summed E-state index contributed by atoms with van der Waals surface area (Å²) in [6.45, 7) is 3.28. The Labute approximate surface area is 119 Å². The van der Waals surface area contributed by atoms with E-state index < -0.39 is 0 Å². The molecule has 0 spiro atoms. The highest BCUT2D eigenvalue weighted by Gasteiger charge is 2.02. The van der Waals surface area contributed by atoms with E-state index in [1.54, 1.807) is 0 Å². The first-order valence-electron chi connectivity index (χ1n) is 6.64. The number of benzene rings is 2. The Morgan fingerprint density at radius 1 is 1.10 bits per heavy atom. The number of aliphatic imine (C=N–C) groups is 1. The Balaban J connectivity index is 2.09. The maximum atomic E-state index is 8.78. The fourth-order valence-corrected chi connectivity index (χ4v) is 1.91. The van der Waals surface area contributed by atoms with Crippen molar-refractivity contribution in [2.24, 2.45) is 4.99 Å². The molecule has 2 aromatic carbocycles. The molecule has 2 rings (SSSR count). The summed E-state index contributed by atoms with van der Waals surface area (Å²) in [5.74, 6) is 0. The molecule has 0 saturated heterocycles. The van der Waals surface area contributed by atoms with Gasteiger partial charge in [0.05, 0.1) is 11.8 Å². The fraction of sp³-hybridized carbons (Fsp3) is 0.176. The van der Waals surface area contributed by atoms with Crippen LogP contribution >= 0.6 is 0 Å². The van der Waals surface area contributed by atoms with Gasteiger partial charge in [0.25, 0.3) is 0 Å². The van der Waals surface area contributed by atoms with Crippen molar-refractivity contribution in [3.63, 3.8) is 0 Å². The van der Waals surface area contributed by atoms with Crippen LogP contribution in [0.15, 0.2) is 59.6 Å². The third kappa shape index (κ3) is 3.69. The van der Waals surface area contributed by atoms with E-state index in [0.29, 0.717) is 6.54 Å². The lowest BCUT2D eigenvalue weighted by atomic mass is 10.2. The van der Waals surface area contributed by atoms with Crippen LogP contribution in [0.25, 0.3) is 0 Å². The summed E-state index contributed by atoms with van der Waals surface area (Å²) in [7, 11) is 0. The molecule has 0 atom stereocenters. The van der Waals surface area contributed by atoms with E-state index in [1.807, 2.05) is 72.6 Å². The SMILES string of the molecule is CCN(CC#N)c1ccc(C=Nc2ccccc2)cc1. The van der Waals surface area contributed by atoms with Crippen LogP contribution in [0.2, 0.25) is 0 Å². The maximum absolute atomic E-state index is 8.78. The molecule has 0 fully saturated rings. The molecule has 20 heavy (non-hydrogen) atoms. The van der Waals surface area contributed by atoms with Gasteiger partial charge in [0.2, 0.25) is 0 Å². The van der Waals surface area contributed by atoms with Crippen molar-refractivity contribution in [2.75, 3.05) is 18.0 Å². The van der Waals surface area contributed by atoms with E-state index in [-0.39, 0.29) is 0 Å². The fourth-order valence-electron chi connectivity index (χ4n) is 1.91. The maximum Gasteiger partial charge on any atom is 0.105 e. The molecule has 0 N–H and O–H groups in total. The lowest BCUT2D eigenvalue weighted by molar-refractivity contribution is 0.911. The summed E-state index contributed by atoms with van der Waals surface area (Å²) >= 11 is 0. The van der Waals surface area contributed by atoms with Crippen LogP contribution in [0.1, 0.15) is 12.5 Å². The average molecular weight is 263 g/mol. The van der Waals surface area contributed by atoms with E-state index in [0.717, 1.165) is 23.5 Å². The lowest BCUT2D eigenvalue weighted by Crippen LogP contribution is -2.22. The Bertz CT molecular complexity index is 594. The van der Waals surface area contributed by atoms with Gasteiger partial charge >= 0.3 is 0 Å². The molecule has 0 aliphatic heterocycles. The number of nitrogens with zero attached hydrogens (tertiary/aromatic N) is 3. The first-order valence-corrected chi connectivity index (χ1v) is 6.64. The zero-order valence-corrected chi connectivity index (χ0v) is 11.5. The quantitative estimate of drug-likeness (QED) is 0.608. The molecule has 0 amide bonds. The van der Waals surface area contributed by atoms with Crippen LogP contribution in [0.3, 0.4) is 0 Å². The number of rotatable bonds is 5.